The van der Waals surface area contributed by atoms with Crippen molar-refractivity contribution in [2.45, 2.75) is 33.2 Å². The summed E-state index contributed by atoms with van der Waals surface area (Å²) >= 11 is 4.87. The summed E-state index contributed by atoms with van der Waals surface area (Å²) in [5.74, 6) is 0. The number of hydrogen-bond donors (Lipinski definition) is 0. The third-order valence-corrected chi connectivity index (χ3v) is 2.53. The molecule has 136 valence electrons. The minimum atomic E-state index is -0.250. The van der Waals surface area contributed by atoms with Crippen LogP contribution >= 0.6 is 15.9 Å². The van der Waals surface area contributed by atoms with Gasteiger partial charge in [0.25, 0.3) is 0 Å². The number of nitrogens with one attached hydrogen (secondary N) is 1. The molecule has 0 aliphatic heterocycles. The van der Waals surface area contributed by atoms with Gasteiger partial charge in [-0.1, -0.05) is 49.7 Å². The summed E-state index contributed by atoms with van der Waals surface area (Å²) in [6.45, 7) is 10.7. The Bertz CT molecular complexity index is 484. The molecule has 4 heteroatoms. The first-order valence-electron chi connectivity index (χ1n) is 5.59. The molecule has 0 saturated heterocycles. The summed E-state index contributed by atoms with van der Waals surface area (Å²) < 4.78 is 1.18. The van der Waals surface area contributed by atoms with Crippen molar-refractivity contribution in [1.82, 2.24) is 0 Å². The standard InChI is InChI=1S/C10H8Br.C4H10N.5CH3.Si.Zr/c1-7-5-8-3-2-4-10(11)9(8)6-7;1-4(2,3)5;;;;;;;/h2-6H,1H3;5H,1-3H3;5*1H3;;/q7*-1;;. The van der Waals surface area contributed by atoms with Gasteiger partial charge in [-0.25, -0.2) is 0 Å². The Hall–Kier alpha value is 0.370. The summed E-state index contributed by atoms with van der Waals surface area (Å²) in [5.41, 5.74) is 8.01. The number of aryl methyl sites for hydroxylation is 1. The second-order valence-electron chi connectivity index (χ2n) is 5.03. The van der Waals surface area contributed by atoms with Crippen LogP contribution in [0.5, 0.6) is 0 Å². The zero-order chi connectivity index (χ0) is 14.3. The molecule has 2 radical (unpaired) electrons. The molecular weight excluding hydrogens is 441 g/mol. The molecule has 0 bridgehead atoms. The molecule has 0 saturated carbocycles. The first-order chi connectivity index (χ1) is 8.27. The Labute approximate surface area is 172 Å². The van der Waals surface area contributed by atoms with Crippen molar-refractivity contribution < 1.29 is 23.3 Å². The van der Waals surface area contributed by atoms with E-state index >= 15 is 0 Å². The van der Waals surface area contributed by atoms with Crippen LogP contribution in [-0.2, 0) is 23.3 Å². The molecule has 0 heterocycles. The van der Waals surface area contributed by atoms with Crippen LogP contribution in [0.1, 0.15) is 26.3 Å². The van der Waals surface area contributed by atoms with E-state index in [2.05, 4.69) is 60.1 Å². The van der Waals surface area contributed by atoms with E-state index in [9.17, 15) is 0 Å². The summed E-state index contributed by atoms with van der Waals surface area (Å²) in [6.07, 6.45) is 0. The van der Waals surface area contributed by atoms with E-state index in [0.717, 1.165) is 0 Å². The van der Waals surface area contributed by atoms with E-state index in [1.54, 1.807) is 0 Å². The molecule has 0 aromatic heterocycles. The Morgan fingerprint density at radius 2 is 1.43 bits per heavy atom. The molecule has 1 nitrogen and oxygen atoms in total. The molecule has 2 aromatic carbocycles. The van der Waals surface area contributed by atoms with Crippen molar-refractivity contribution in [2.75, 3.05) is 0 Å². The molecular formula is C19H33BrNSiZr-7. The predicted octanol–water partition coefficient (Wildman–Crippen LogP) is 7.33. The molecule has 23 heavy (non-hydrogen) atoms. The van der Waals surface area contributed by atoms with E-state index in [1.807, 2.05) is 20.8 Å². The molecule has 0 unspecified atom stereocenters. The van der Waals surface area contributed by atoms with Gasteiger partial charge in [-0.2, -0.15) is 6.07 Å². The quantitative estimate of drug-likeness (QED) is 0.282. The maximum atomic E-state index is 6.94. The topological polar surface area (TPSA) is 23.8 Å². The van der Waals surface area contributed by atoms with Gasteiger partial charge in [0, 0.05) is 0 Å². The van der Waals surface area contributed by atoms with Crippen molar-refractivity contribution in [3.63, 3.8) is 0 Å². The number of hydrogen-bond acceptors (Lipinski definition) is 0. The number of halogens is 1. The van der Waals surface area contributed by atoms with Crippen molar-refractivity contribution in [3.05, 3.63) is 83.2 Å². The Kier molecular flexibility index (Phi) is 31.5. The molecule has 1 N–H and O–H groups in total. The third-order valence-electron chi connectivity index (χ3n) is 1.84. The van der Waals surface area contributed by atoms with Gasteiger partial charge in [-0.3, -0.25) is 0 Å². The summed E-state index contributed by atoms with van der Waals surface area (Å²) in [5, 5.41) is 2.63. The van der Waals surface area contributed by atoms with Crippen molar-refractivity contribution in [3.8, 4) is 0 Å². The van der Waals surface area contributed by atoms with Crippen molar-refractivity contribution in [2.24, 2.45) is 0 Å². The van der Waals surface area contributed by atoms with Crippen LogP contribution in [0.3, 0.4) is 0 Å². The maximum absolute atomic E-state index is 6.94. The third kappa shape index (κ3) is 18.5. The van der Waals surface area contributed by atoms with Crippen molar-refractivity contribution in [1.29, 1.82) is 0 Å². The average molecular weight is 475 g/mol. The molecule has 0 fully saturated rings. The Balaban J connectivity index is -0.0000000540. The van der Waals surface area contributed by atoms with Gasteiger partial charge >= 0.3 is 30.2 Å². The molecule has 0 aliphatic carbocycles. The fourth-order valence-corrected chi connectivity index (χ4v) is 1.84. The van der Waals surface area contributed by atoms with Gasteiger partial charge in [-0.05, 0) is 4.47 Å². The first kappa shape index (κ1) is 38.8. The molecule has 2 aromatic rings. The summed E-state index contributed by atoms with van der Waals surface area (Å²) in [4.78, 5) is 0. The fraction of sp³-hybridized carbons (Fsp3) is 0.263. The van der Waals surface area contributed by atoms with E-state index in [-0.39, 0.29) is 42.7 Å². The van der Waals surface area contributed by atoms with Crippen LogP contribution in [0.15, 0.2) is 34.8 Å². The molecule has 0 amide bonds. The van der Waals surface area contributed by atoms with Gasteiger partial charge in [0.05, 0.1) is 0 Å². The first-order valence-corrected chi connectivity index (χ1v) is 10.6. The molecule has 2 rings (SSSR count). The van der Waals surface area contributed by atoms with Crippen LogP contribution in [0, 0.1) is 44.1 Å². The zero-order valence-corrected chi connectivity index (χ0v) is 21.3. The molecule has 0 atom stereocenters. The van der Waals surface area contributed by atoms with Crippen LogP contribution in [0.25, 0.3) is 16.5 Å². The zero-order valence-electron chi connectivity index (χ0n) is 16.3. The minimum absolute atomic E-state index is 0. The summed E-state index contributed by atoms with van der Waals surface area (Å²) in [6, 6.07) is 10.7. The van der Waals surface area contributed by atoms with Crippen LogP contribution in [0.4, 0.5) is 0 Å². The normalized spacial score (nSPS) is 7.87. The van der Waals surface area contributed by atoms with Crippen LogP contribution < -0.4 is 0 Å². The number of benzene rings is 1. The van der Waals surface area contributed by atoms with Crippen molar-refractivity contribution >= 4 is 33.6 Å². The van der Waals surface area contributed by atoms with Gasteiger partial charge < -0.3 is 42.9 Å². The Morgan fingerprint density at radius 1 is 1.04 bits per heavy atom. The molecule has 0 aliphatic rings. The predicted molar refractivity (Wildman–Crippen MR) is 114 cm³/mol. The summed E-state index contributed by atoms with van der Waals surface area (Å²) in [7, 11) is 0. The van der Waals surface area contributed by atoms with E-state index < -0.39 is 0 Å². The second kappa shape index (κ2) is 18.7. The van der Waals surface area contributed by atoms with Gasteiger partial charge in [-0.15, -0.1) is 40.1 Å². The average Bonchev–Trinajstić information content (AvgIpc) is 2.61. The monoisotopic (exact) mass is 472 g/mol. The van der Waals surface area contributed by atoms with E-state index in [4.69, 9.17) is 5.73 Å². The van der Waals surface area contributed by atoms with Gasteiger partial charge in [0.15, 0.2) is 0 Å². The fourth-order valence-electron chi connectivity index (χ4n) is 1.35. The van der Waals surface area contributed by atoms with Gasteiger partial charge in [0.1, 0.15) is 0 Å². The Morgan fingerprint density at radius 3 is 1.78 bits per heavy atom. The van der Waals surface area contributed by atoms with Gasteiger partial charge in [0.2, 0.25) is 0 Å². The molecule has 0 spiro atoms. The van der Waals surface area contributed by atoms with E-state index in [0.29, 0.717) is 0 Å². The number of rotatable bonds is 0. The van der Waals surface area contributed by atoms with E-state index in [1.165, 1.54) is 44.1 Å². The van der Waals surface area contributed by atoms with Crippen LogP contribution in [0.2, 0.25) is 0 Å². The number of fused-ring (bicyclic) bond motifs is 1. The SMILES string of the molecule is CC(C)(C)[NH-].Cc1cc2c(Br)cccc2[cH-]1.[CH3-].[CH3-].[CH3-].[CH3-].[CH3-].[Si]=[Zr]. The second-order valence-corrected chi connectivity index (χ2v) is 5.88. The van der Waals surface area contributed by atoms with Crippen LogP contribution in [-0.4, -0.2) is 12.4 Å².